The van der Waals surface area contributed by atoms with Gasteiger partial charge in [0.15, 0.2) is 0 Å². The molecule has 0 spiro atoms. The summed E-state index contributed by atoms with van der Waals surface area (Å²) in [5.41, 5.74) is 0.708. The highest BCUT2D eigenvalue weighted by molar-refractivity contribution is 9.10. The Labute approximate surface area is 109 Å². The molecule has 0 unspecified atom stereocenters. The number of piperazine rings is 1. The van der Waals surface area contributed by atoms with Crippen molar-refractivity contribution in [1.29, 1.82) is 0 Å². The predicted molar refractivity (Wildman–Crippen MR) is 68.8 cm³/mol. The average molecular weight is 303 g/mol. The van der Waals surface area contributed by atoms with Crippen molar-refractivity contribution in [3.8, 4) is 5.75 Å². The molecule has 0 aromatic heterocycles. The fraction of sp³-hybridized carbons (Fsp3) is 0.500. The number of methoxy groups -OCH3 is 1. The van der Waals surface area contributed by atoms with Gasteiger partial charge in [0.1, 0.15) is 11.6 Å². The summed E-state index contributed by atoms with van der Waals surface area (Å²) in [6.07, 6.45) is 0. The molecule has 1 aliphatic heterocycles. The Hall–Kier alpha value is -0.650. The monoisotopic (exact) mass is 302 g/mol. The summed E-state index contributed by atoms with van der Waals surface area (Å²) in [7, 11) is 1.54. The number of ether oxygens (including phenoxy) is 1. The third kappa shape index (κ3) is 2.97. The molecule has 1 saturated heterocycles. The second-order valence-corrected chi connectivity index (χ2v) is 4.87. The van der Waals surface area contributed by atoms with Crippen LogP contribution in [0.5, 0.6) is 5.75 Å². The van der Waals surface area contributed by atoms with Gasteiger partial charge in [-0.05, 0) is 22.0 Å². The highest BCUT2D eigenvalue weighted by Gasteiger charge is 2.15. The van der Waals surface area contributed by atoms with Crippen molar-refractivity contribution in [3.05, 3.63) is 28.0 Å². The smallest absolute Gasteiger partial charge is 0.145 e. The molecule has 0 saturated carbocycles. The van der Waals surface area contributed by atoms with Gasteiger partial charge in [-0.25, -0.2) is 4.39 Å². The fourth-order valence-electron chi connectivity index (χ4n) is 1.96. The standard InChI is InChI=1S/C12H16BrFN2O/c1-17-10-3-2-9(12(14)11(10)13)8-16-6-4-15-5-7-16/h2-3,15H,4-8H2,1H3. The third-order valence-corrected chi connectivity index (χ3v) is 3.69. The molecule has 5 heteroatoms. The third-order valence-electron chi connectivity index (χ3n) is 2.95. The van der Waals surface area contributed by atoms with Gasteiger partial charge in [0.05, 0.1) is 11.6 Å². The molecule has 0 radical (unpaired) electrons. The summed E-state index contributed by atoms with van der Waals surface area (Å²) in [6, 6.07) is 3.59. The van der Waals surface area contributed by atoms with E-state index in [1.807, 2.05) is 0 Å². The molecule has 1 aromatic rings. The maximum absolute atomic E-state index is 14.0. The quantitative estimate of drug-likeness (QED) is 0.924. The van der Waals surface area contributed by atoms with Crippen molar-refractivity contribution >= 4 is 15.9 Å². The van der Waals surface area contributed by atoms with Crippen molar-refractivity contribution in [1.82, 2.24) is 10.2 Å². The van der Waals surface area contributed by atoms with Gasteiger partial charge in [-0.1, -0.05) is 6.07 Å². The van der Waals surface area contributed by atoms with Crippen LogP contribution in [0.25, 0.3) is 0 Å². The molecule has 1 heterocycles. The van der Waals surface area contributed by atoms with E-state index in [2.05, 4.69) is 26.1 Å². The van der Waals surface area contributed by atoms with Gasteiger partial charge >= 0.3 is 0 Å². The first kappa shape index (κ1) is 12.8. The minimum absolute atomic E-state index is 0.220. The van der Waals surface area contributed by atoms with Crippen molar-refractivity contribution < 1.29 is 9.13 Å². The SMILES string of the molecule is COc1ccc(CN2CCNCC2)c(F)c1Br. The Kier molecular flexibility index (Phi) is 4.36. The number of nitrogens with zero attached hydrogens (tertiary/aromatic N) is 1. The number of benzene rings is 1. The van der Waals surface area contributed by atoms with Crippen LogP contribution in [0.4, 0.5) is 4.39 Å². The minimum Gasteiger partial charge on any atom is -0.495 e. The zero-order valence-corrected chi connectivity index (χ0v) is 11.4. The van der Waals surface area contributed by atoms with Gasteiger partial charge in [0.2, 0.25) is 0 Å². The Balaban J connectivity index is 2.12. The molecule has 1 aliphatic rings. The van der Waals surface area contributed by atoms with Gasteiger partial charge in [0.25, 0.3) is 0 Å². The molecule has 1 fully saturated rings. The first-order chi connectivity index (χ1) is 8.22. The van der Waals surface area contributed by atoms with E-state index < -0.39 is 0 Å². The molecular weight excluding hydrogens is 287 g/mol. The summed E-state index contributed by atoms with van der Waals surface area (Å²) < 4.78 is 19.5. The molecule has 1 N–H and O–H groups in total. The van der Waals surface area contributed by atoms with Crippen LogP contribution >= 0.6 is 15.9 Å². The molecule has 0 bridgehead atoms. The minimum atomic E-state index is -0.220. The predicted octanol–water partition coefficient (Wildman–Crippen LogP) is 2.00. The largest absolute Gasteiger partial charge is 0.495 e. The van der Waals surface area contributed by atoms with Crippen molar-refractivity contribution in [2.24, 2.45) is 0 Å². The Bertz CT molecular complexity index is 394. The molecule has 1 aromatic carbocycles. The van der Waals surface area contributed by atoms with Crippen LogP contribution in [0.2, 0.25) is 0 Å². The summed E-state index contributed by atoms with van der Waals surface area (Å²) in [4.78, 5) is 2.24. The topological polar surface area (TPSA) is 24.5 Å². The second-order valence-electron chi connectivity index (χ2n) is 4.08. The summed E-state index contributed by atoms with van der Waals surface area (Å²) in [5.74, 6) is 0.314. The van der Waals surface area contributed by atoms with Crippen LogP contribution in [0.1, 0.15) is 5.56 Å². The molecule has 2 rings (SSSR count). The van der Waals surface area contributed by atoms with Crippen LogP contribution < -0.4 is 10.1 Å². The van der Waals surface area contributed by atoms with Crippen LogP contribution in [-0.2, 0) is 6.54 Å². The second kappa shape index (κ2) is 5.80. The van der Waals surface area contributed by atoms with E-state index >= 15 is 0 Å². The first-order valence-corrected chi connectivity index (χ1v) is 6.45. The number of rotatable bonds is 3. The lowest BCUT2D eigenvalue weighted by Gasteiger charge is -2.27. The average Bonchev–Trinajstić information content (AvgIpc) is 2.37. The molecule has 17 heavy (non-hydrogen) atoms. The fourth-order valence-corrected chi connectivity index (χ4v) is 2.51. The van der Waals surface area contributed by atoms with Crippen LogP contribution in [-0.4, -0.2) is 38.2 Å². The maximum atomic E-state index is 14.0. The first-order valence-electron chi connectivity index (χ1n) is 5.66. The van der Waals surface area contributed by atoms with E-state index in [0.29, 0.717) is 22.3 Å². The van der Waals surface area contributed by atoms with E-state index in [9.17, 15) is 4.39 Å². The molecule has 0 amide bonds. The van der Waals surface area contributed by atoms with Gasteiger partial charge in [0, 0.05) is 38.3 Å². The molecule has 0 aliphatic carbocycles. The molecular formula is C12H16BrFN2O. The lowest BCUT2D eigenvalue weighted by molar-refractivity contribution is 0.230. The lowest BCUT2D eigenvalue weighted by Crippen LogP contribution is -2.43. The summed E-state index contributed by atoms with van der Waals surface area (Å²) in [5, 5.41) is 3.28. The van der Waals surface area contributed by atoms with E-state index in [1.165, 1.54) is 7.11 Å². The van der Waals surface area contributed by atoms with Crippen molar-refractivity contribution in [3.63, 3.8) is 0 Å². The van der Waals surface area contributed by atoms with Gasteiger partial charge < -0.3 is 10.1 Å². The normalized spacial score (nSPS) is 17.1. The number of hydrogen-bond acceptors (Lipinski definition) is 3. The van der Waals surface area contributed by atoms with Crippen LogP contribution in [0.15, 0.2) is 16.6 Å². The Morgan fingerprint density at radius 1 is 1.41 bits per heavy atom. The van der Waals surface area contributed by atoms with Crippen LogP contribution in [0.3, 0.4) is 0 Å². The van der Waals surface area contributed by atoms with Crippen LogP contribution in [0, 0.1) is 5.82 Å². The maximum Gasteiger partial charge on any atom is 0.145 e. The zero-order chi connectivity index (χ0) is 12.3. The lowest BCUT2D eigenvalue weighted by atomic mass is 10.2. The highest BCUT2D eigenvalue weighted by atomic mass is 79.9. The van der Waals surface area contributed by atoms with Gasteiger partial charge in [-0.3, -0.25) is 4.90 Å². The molecule has 94 valence electrons. The Morgan fingerprint density at radius 3 is 2.76 bits per heavy atom. The summed E-state index contributed by atoms with van der Waals surface area (Å²) in [6.45, 7) is 4.51. The van der Waals surface area contributed by atoms with E-state index in [-0.39, 0.29) is 5.82 Å². The number of nitrogens with one attached hydrogen (secondary N) is 1. The Morgan fingerprint density at radius 2 is 2.12 bits per heavy atom. The number of halogens is 2. The zero-order valence-electron chi connectivity index (χ0n) is 9.80. The van der Waals surface area contributed by atoms with Crippen molar-refractivity contribution in [2.45, 2.75) is 6.54 Å². The van der Waals surface area contributed by atoms with E-state index in [0.717, 1.165) is 26.2 Å². The number of hydrogen-bond donors (Lipinski definition) is 1. The van der Waals surface area contributed by atoms with E-state index in [4.69, 9.17) is 4.74 Å². The summed E-state index contributed by atoms with van der Waals surface area (Å²) >= 11 is 3.23. The molecule has 3 nitrogen and oxygen atoms in total. The molecule has 0 atom stereocenters. The highest BCUT2D eigenvalue weighted by Crippen LogP contribution is 2.30. The van der Waals surface area contributed by atoms with E-state index in [1.54, 1.807) is 12.1 Å². The van der Waals surface area contributed by atoms with Gasteiger partial charge in [-0.15, -0.1) is 0 Å². The van der Waals surface area contributed by atoms with Crippen molar-refractivity contribution in [2.75, 3.05) is 33.3 Å². The van der Waals surface area contributed by atoms with Gasteiger partial charge in [-0.2, -0.15) is 0 Å².